The molecule has 1 saturated heterocycles. The zero-order valence-corrected chi connectivity index (χ0v) is 31.4. The van der Waals surface area contributed by atoms with Crippen LogP contribution >= 0.6 is 0 Å². The summed E-state index contributed by atoms with van der Waals surface area (Å²) in [7, 11) is -2.44. The van der Waals surface area contributed by atoms with Crippen LogP contribution in [-0.4, -0.2) is 90.2 Å². The average molecular weight is 801 g/mol. The number of hydrogen-bond donors (Lipinski definition) is 3. The van der Waals surface area contributed by atoms with Gasteiger partial charge in [-0.05, 0) is 91.9 Å². The molecule has 5 atom stereocenters. The normalized spacial score (nSPS) is 24.6. The van der Waals surface area contributed by atoms with Crippen molar-refractivity contribution in [3.05, 3.63) is 61.2 Å². The monoisotopic (exact) mass is 800 g/mol. The van der Waals surface area contributed by atoms with Crippen LogP contribution in [0.5, 0.6) is 17.4 Å². The number of nitrogens with zero attached hydrogens (tertiary/aromatic N) is 2. The van der Waals surface area contributed by atoms with Crippen LogP contribution in [0, 0.1) is 11.8 Å². The second-order valence-corrected chi connectivity index (χ2v) is 16.9. The standard InChI is InChI=1S/C39H43F3N4O9S/c1-3-25-20-38(25,37(50)45-56(51,52)29-14-15-29)44-34(48)32-19-28(21-46(32)36(49)33(47)23-7-5-4-6-8-23)54-35-30-16-13-27(53-2)17-24(30)18-31(43-35)22-9-11-26(12-10-22)55-39(40,41)42/h3,9-13,16-18,23,25,28-29,32-33,47H,1,4-8,14-15,19-21H2,2H3,(H,44,48)(H,45,50)/t25-,28-,32+,33+,38-/m1/s1. The van der Waals surface area contributed by atoms with Crippen molar-refractivity contribution >= 4 is 38.5 Å². The molecular weight excluding hydrogens is 758 g/mol. The van der Waals surface area contributed by atoms with Gasteiger partial charge in [-0.1, -0.05) is 25.3 Å². The first-order valence-corrected chi connectivity index (χ1v) is 20.2. The van der Waals surface area contributed by atoms with Gasteiger partial charge in [-0.25, -0.2) is 13.4 Å². The minimum Gasteiger partial charge on any atom is -0.497 e. The van der Waals surface area contributed by atoms with Crippen molar-refractivity contribution in [1.82, 2.24) is 19.9 Å². The Morgan fingerprint density at radius 2 is 1.73 bits per heavy atom. The molecule has 17 heteroatoms. The van der Waals surface area contributed by atoms with Crippen LogP contribution in [0.3, 0.4) is 0 Å². The quantitative estimate of drug-likeness (QED) is 0.205. The summed E-state index contributed by atoms with van der Waals surface area (Å²) in [6.07, 6.45) is -0.744. The second kappa shape index (κ2) is 15.2. The molecule has 0 radical (unpaired) electrons. The second-order valence-electron chi connectivity index (χ2n) is 15.0. The molecule has 3 aliphatic carbocycles. The van der Waals surface area contributed by atoms with Crippen LogP contribution in [0.25, 0.3) is 22.0 Å². The topological polar surface area (TPSA) is 173 Å². The van der Waals surface area contributed by atoms with Gasteiger partial charge in [0.1, 0.15) is 35.3 Å². The minimum atomic E-state index is -4.87. The van der Waals surface area contributed by atoms with Crippen LogP contribution < -0.4 is 24.2 Å². The van der Waals surface area contributed by atoms with Gasteiger partial charge in [0.05, 0.1) is 24.6 Å². The predicted molar refractivity (Wildman–Crippen MR) is 197 cm³/mol. The fourth-order valence-electron chi connectivity index (χ4n) is 7.77. The number of alkyl halides is 3. The Bertz CT molecular complexity index is 2120. The van der Waals surface area contributed by atoms with E-state index in [1.54, 1.807) is 24.3 Å². The van der Waals surface area contributed by atoms with E-state index in [1.807, 2.05) is 0 Å². The lowest BCUT2D eigenvalue weighted by Gasteiger charge is -2.32. The summed E-state index contributed by atoms with van der Waals surface area (Å²) in [4.78, 5) is 47.7. The fourth-order valence-corrected chi connectivity index (χ4v) is 9.13. The highest BCUT2D eigenvalue weighted by molar-refractivity contribution is 7.91. The number of aliphatic hydroxyl groups is 1. The highest BCUT2D eigenvalue weighted by Gasteiger charge is 2.62. The summed E-state index contributed by atoms with van der Waals surface area (Å²) in [6.45, 7) is 3.61. The van der Waals surface area contributed by atoms with Crippen molar-refractivity contribution in [1.29, 1.82) is 0 Å². The summed E-state index contributed by atoms with van der Waals surface area (Å²) in [5, 5.41) is 14.5. The Hall–Kier alpha value is -4.90. The van der Waals surface area contributed by atoms with Gasteiger partial charge in [0, 0.05) is 23.3 Å². The number of rotatable bonds is 13. The first-order chi connectivity index (χ1) is 26.6. The molecule has 2 aromatic carbocycles. The number of halogens is 3. The van der Waals surface area contributed by atoms with E-state index in [2.05, 4.69) is 21.4 Å². The maximum atomic E-state index is 14.2. The number of benzene rings is 2. The Kier molecular flexibility index (Phi) is 10.7. The third-order valence-corrected chi connectivity index (χ3v) is 12.9. The first-order valence-electron chi connectivity index (χ1n) is 18.6. The van der Waals surface area contributed by atoms with Crippen LogP contribution in [0.4, 0.5) is 13.2 Å². The average Bonchev–Trinajstić information content (AvgIpc) is 4.10. The number of sulfonamides is 1. The third-order valence-electron chi connectivity index (χ3n) is 11.1. The SMILES string of the molecule is C=C[C@@H]1C[C@]1(NC(=O)[C@@H]1C[C@@H](Oc2nc(-c3ccc(OC(F)(F)F)cc3)cc3cc(OC)ccc23)CN1C(=O)[C@@H](O)C1CCCCC1)C(=O)NS(=O)(=O)C1CC1. The number of likely N-dealkylation sites (tertiary alicyclic amines) is 1. The number of carbonyl (C=O) groups excluding carboxylic acids is 3. The molecule has 0 bridgehead atoms. The highest BCUT2D eigenvalue weighted by atomic mass is 32.2. The van der Waals surface area contributed by atoms with Crippen molar-refractivity contribution in [2.45, 2.75) is 93.2 Å². The van der Waals surface area contributed by atoms with E-state index in [9.17, 15) is 41.1 Å². The number of amides is 3. The molecule has 4 fully saturated rings. The van der Waals surface area contributed by atoms with Gasteiger partial charge in [-0.3, -0.25) is 19.1 Å². The number of pyridine rings is 1. The first kappa shape index (κ1) is 39.3. The Labute approximate surface area is 321 Å². The van der Waals surface area contributed by atoms with Gasteiger partial charge in [-0.15, -0.1) is 19.8 Å². The van der Waals surface area contributed by atoms with E-state index in [1.165, 1.54) is 30.2 Å². The van der Waals surface area contributed by atoms with Gasteiger partial charge in [0.15, 0.2) is 0 Å². The van der Waals surface area contributed by atoms with Crippen LogP contribution in [0.1, 0.15) is 57.8 Å². The molecule has 4 aliphatic rings. The largest absolute Gasteiger partial charge is 0.573 e. The highest BCUT2D eigenvalue weighted by Crippen LogP contribution is 2.46. The molecule has 3 saturated carbocycles. The summed E-state index contributed by atoms with van der Waals surface area (Å²) >= 11 is 0. The van der Waals surface area contributed by atoms with Crippen molar-refractivity contribution in [3.63, 3.8) is 0 Å². The van der Waals surface area contributed by atoms with E-state index in [0.717, 1.165) is 31.4 Å². The summed E-state index contributed by atoms with van der Waals surface area (Å²) in [6, 6.07) is 10.8. The number of fused-ring (bicyclic) bond motifs is 1. The maximum Gasteiger partial charge on any atom is 0.573 e. The van der Waals surface area contributed by atoms with Crippen molar-refractivity contribution in [2.75, 3.05) is 13.7 Å². The molecule has 2 heterocycles. The lowest BCUT2D eigenvalue weighted by molar-refractivity contribution is -0.274. The number of hydrogen-bond acceptors (Lipinski definition) is 10. The molecule has 0 unspecified atom stereocenters. The van der Waals surface area contributed by atoms with Gasteiger partial charge in [-0.2, -0.15) is 0 Å². The number of methoxy groups -OCH3 is 1. The van der Waals surface area contributed by atoms with Crippen molar-refractivity contribution < 1.29 is 55.3 Å². The van der Waals surface area contributed by atoms with Gasteiger partial charge >= 0.3 is 6.36 Å². The molecule has 1 aromatic heterocycles. The Balaban J connectivity index is 1.18. The predicted octanol–water partition coefficient (Wildman–Crippen LogP) is 4.77. The smallest absolute Gasteiger partial charge is 0.497 e. The number of ether oxygens (including phenoxy) is 3. The lowest BCUT2D eigenvalue weighted by atomic mass is 9.84. The van der Waals surface area contributed by atoms with Gasteiger partial charge in [0.25, 0.3) is 11.8 Å². The molecule has 13 nitrogen and oxygen atoms in total. The molecule has 300 valence electrons. The Morgan fingerprint density at radius 3 is 2.36 bits per heavy atom. The molecule has 1 aliphatic heterocycles. The minimum absolute atomic E-state index is 0.0706. The van der Waals surface area contributed by atoms with E-state index < -0.39 is 74.8 Å². The van der Waals surface area contributed by atoms with Gasteiger partial charge in [0.2, 0.25) is 21.8 Å². The molecule has 7 rings (SSSR count). The van der Waals surface area contributed by atoms with Crippen molar-refractivity contribution in [2.24, 2.45) is 11.8 Å². The van der Waals surface area contributed by atoms with E-state index in [4.69, 9.17) is 14.5 Å². The molecule has 56 heavy (non-hydrogen) atoms. The van der Waals surface area contributed by atoms with Crippen molar-refractivity contribution in [3.8, 4) is 28.6 Å². The van der Waals surface area contributed by atoms with Crippen LogP contribution in [0.15, 0.2) is 61.2 Å². The molecule has 3 amide bonds. The number of nitrogens with one attached hydrogen (secondary N) is 2. The maximum absolute atomic E-state index is 14.2. The zero-order chi connectivity index (χ0) is 40.0. The fraction of sp³-hybridized carbons (Fsp3) is 0.487. The summed E-state index contributed by atoms with van der Waals surface area (Å²) < 4.78 is 81.9. The summed E-state index contributed by atoms with van der Waals surface area (Å²) in [5.74, 6) is -2.91. The number of carbonyl (C=O) groups is 3. The number of aliphatic hydroxyl groups excluding tert-OH is 1. The van der Waals surface area contributed by atoms with Gasteiger partial charge < -0.3 is 29.5 Å². The van der Waals surface area contributed by atoms with E-state index in [-0.39, 0.29) is 31.2 Å². The molecule has 0 spiro atoms. The molecular formula is C39H43F3N4O9S. The summed E-state index contributed by atoms with van der Waals surface area (Å²) in [5.41, 5.74) is -0.813. The number of aromatic nitrogens is 1. The zero-order valence-electron chi connectivity index (χ0n) is 30.6. The molecule has 3 N–H and O–H groups in total. The Morgan fingerprint density at radius 1 is 1.04 bits per heavy atom. The van der Waals surface area contributed by atoms with E-state index in [0.29, 0.717) is 53.5 Å². The lowest BCUT2D eigenvalue weighted by Crippen LogP contribution is -2.57. The molecule has 3 aromatic rings. The van der Waals surface area contributed by atoms with Crippen LogP contribution in [0.2, 0.25) is 0 Å². The van der Waals surface area contributed by atoms with E-state index >= 15 is 0 Å². The van der Waals surface area contributed by atoms with Crippen LogP contribution in [-0.2, 0) is 24.4 Å². The third kappa shape index (κ3) is 8.28.